The van der Waals surface area contributed by atoms with Crippen molar-refractivity contribution in [2.75, 3.05) is 0 Å². The summed E-state index contributed by atoms with van der Waals surface area (Å²) in [5.74, 6) is 0. The molecule has 0 unspecified atom stereocenters. The second kappa shape index (κ2) is 8.67. The SMILES string of the molecule is Cc1cc(C)n(-c2ccccc2-n2nc(C)cc2C)n1.[Cl-].[Cl-].[Pt+2]. The predicted molar refractivity (Wildman–Crippen MR) is 79.6 cm³/mol. The molecule has 0 aliphatic heterocycles. The van der Waals surface area contributed by atoms with Crippen molar-refractivity contribution in [1.82, 2.24) is 19.6 Å². The van der Waals surface area contributed by atoms with Gasteiger partial charge in [-0.05, 0) is 52.0 Å². The molecule has 0 saturated heterocycles. The van der Waals surface area contributed by atoms with E-state index < -0.39 is 0 Å². The molecule has 126 valence electrons. The first kappa shape index (κ1) is 21.9. The zero-order chi connectivity index (χ0) is 14.3. The third-order valence-electron chi connectivity index (χ3n) is 3.36. The Balaban J connectivity index is 0.00000161. The van der Waals surface area contributed by atoms with E-state index in [4.69, 9.17) is 0 Å². The maximum absolute atomic E-state index is 4.58. The molecule has 4 nitrogen and oxygen atoms in total. The molecule has 2 aromatic heterocycles. The number of aryl methyl sites for hydroxylation is 4. The number of nitrogens with zero attached hydrogens (tertiary/aromatic N) is 4. The molecule has 0 aliphatic rings. The van der Waals surface area contributed by atoms with E-state index in [-0.39, 0.29) is 45.9 Å². The molecule has 7 heteroatoms. The summed E-state index contributed by atoms with van der Waals surface area (Å²) in [5.41, 5.74) is 6.37. The molecule has 0 saturated carbocycles. The average Bonchev–Trinajstić information content (AvgIpc) is 2.91. The van der Waals surface area contributed by atoms with Crippen LogP contribution < -0.4 is 24.8 Å². The van der Waals surface area contributed by atoms with Gasteiger partial charge in [0.15, 0.2) is 0 Å². The average molecular weight is 532 g/mol. The summed E-state index contributed by atoms with van der Waals surface area (Å²) in [6.45, 7) is 8.15. The number of benzene rings is 1. The maximum Gasteiger partial charge on any atom is 2.00 e. The van der Waals surface area contributed by atoms with Crippen LogP contribution in [0.25, 0.3) is 11.4 Å². The molecular formula is C16H18Cl2N4Pt. The Labute approximate surface area is 163 Å². The molecule has 1 aromatic carbocycles. The van der Waals surface area contributed by atoms with Crippen molar-refractivity contribution in [2.24, 2.45) is 0 Å². The maximum atomic E-state index is 4.58. The first-order chi connectivity index (χ1) is 9.56. The second-order valence-corrected chi connectivity index (χ2v) is 5.17. The van der Waals surface area contributed by atoms with Gasteiger partial charge in [0.25, 0.3) is 0 Å². The van der Waals surface area contributed by atoms with Crippen LogP contribution in [0.2, 0.25) is 0 Å². The van der Waals surface area contributed by atoms with E-state index in [9.17, 15) is 0 Å². The first-order valence-corrected chi connectivity index (χ1v) is 6.72. The third kappa shape index (κ3) is 4.26. The summed E-state index contributed by atoms with van der Waals surface area (Å²) in [7, 11) is 0. The van der Waals surface area contributed by atoms with Crippen molar-refractivity contribution < 1.29 is 45.9 Å². The van der Waals surface area contributed by atoms with Crippen LogP contribution in [0, 0.1) is 27.7 Å². The van der Waals surface area contributed by atoms with Gasteiger partial charge in [-0.15, -0.1) is 0 Å². The Kier molecular flexibility index (Phi) is 8.26. The quantitative estimate of drug-likeness (QED) is 0.361. The molecule has 0 radical (unpaired) electrons. The standard InChI is InChI=1S/C16H18N4.2ClH.Pt/c1-11-9-13(3)19(17-11)15-7-5-6-8-16(15)20-14(4)10-12(2)18-20;;;/h5-10H,1-4H3;2*1H;/q;;;+2/p-2. The fourth-order valence-corrected chi connectivity index (χ4v) is 2.57. The Morgan fingerprint density at radius 1 is 0.696 bits per heavy atom. The fraction of sp³-hybridized carbons (Fsp3) is 0.250. The number of aromatic nitrogens is 4. The summed E-state index contributed by atoms with van der Waals surface area (Å²) in [6, 6.07) is 12.4. The smallest absolute Gasteiger partial charge is 1.00 e. The van der Waals surface area contributed by atoms with Crippen LogP contribution in [-0.4, -0.2) is 19.6 Å². The van der Waals surface area contributed by atoms with Gasteiger partial charge in [-0.3, -0.25) is 0 Å². The summed E-state index contributed by atoms with van der Waals surface area (Å²) in [6.07, 6.45) is 0. The van der Waals surface area contributed by atoms with Gasteiger partial charge in [0, 0.05) is 11.4 Å². The predicted octanol–water partition coefficient (Wildman–Crippen LogP) is -2.70. The van der Waals surface area contributed by atoms with Crippen molar-refractivity contribution in [3.63, 3.8) is 0 Å². The van der Waals surface area contributed by atoms with Crippen LogP contribution in [0.15, 0.2) is 36.4 Å². The van der Waals surface area contributed by atoms with E-state index >= 15 is 0 Å². The number of hydrogen-bond acceptors (Lipinski definition) is 2. The summed E-state index contributed by atoms with van der Waals surface area (Å²) >= 11 is 0. The Morgan fingerprint density at radius 3 is 1.30 bits per heavy atom. The van der Waals surface area contributed by atoms with Crippen LogP contribution >= 0.6 is 0 Å². The van der Waals surface area contributed by atoms with E-state index in [1.54, 1.807) is 0 Å². The molecule has 3 aromatic rings. The molecule has 0 aliphatic carbocycles. The van der Waals surface area contributed by atoms with Crippen molar-refractivity contribution in [3.05, 3.63) is 59.2 Å². The number of para-hydroxylation sites is 2. The second-order valence-electron chi connectivity index (χ2n) is 5.17. The van der Waals surface area contributed by atoms with Crippen LogP contribution in [0.1, 0.15) is 22.8 Å². The van der Waals surface area contributed by atoms with Gasteiger partial charge < -0.3 is 24.8 Å². The van der Waals surface area contributed by atoms with Gasteiger partial charge in [-0.2, -0.15) is 10.2 Å². The third-order valence-corrected chi connectivity index (χ3v) is 3.36. The molecule has 0 fully saturated rings. The molecular weight excluding hydrogens is 514 g/mol. The Morgan fingerprint density at radius 2 is 1.04 bits per heavy atom. The van der Waals surface area contributed by atoms with E-state index in [0.29, 0.717) is 0 Å². The van der Waals surface area contributed by atoms with Gasteiger partial charge >= 0.3 is 21.1 Å². The van der Waals surface area contributed by atoms with E-state index in [2.05, 4.69) is 48.3 Å². The Bertz CT molecular complexity index is 715. The first-order valence-electron chi connectivity index (χ1n) is 6.72. The number of hydrogen-bond donors (Lipinski definition) is 0. The fourth-order valence-electron chi connectivity index (χ4n) is 2.57. The van der Waals surface area contributed by atoms with E-state index in [1.165, 1.54) is 0 Å². The summed E-state index contributed by atoms with van der Waals surface area (Å²) in [5, 5.41) is 9.16. The number of rotatable bonds is 2. The van der Waals surface area contributed by atoms with Crippen molar-refractivity contribution >= 4 is 0 Å². The van der Waals surface area contributed by atoms with Crippen molar-refractivity contribution in [2.45, 2.75) is 27.7 Å². The van der Waals surface area contributed by atoms with E-state index in [0.717, 1.165) is 34.2 Å². The molecule has 0 bridgehead atoms. The van der Waals surface area contributed by atoms with Gasteiger partial charge in [-0.25, -0.2) is 9.36 Å². The minimum atomic E-state index is 0. The van der Waals surface area contributed by atoms with Crippen molar-refractivity contribution in [1.29, 1.82) is 0 Å². The van der Waals surface area contributed by atoms with Crippen LogP contribution in [-0.2, 0) is 21.1 Å². The van der Waals surface area contributed by atoms with Gasteiger partial charge in [-0.1, -0.05) is 12.1 Å². The van der Waals surface area contributed by atoms with Gasteiger partial charge in [0.05, 0.1) is 22.8 Å². The zero-order valence-corrected chi connectivity index (χ0v) is 17.1. The minimum absolute atomic E-state index is 0. The Hall–Kier alpha value is -1.09. The molecule has 2 heterocycles. The summed E-state index contributed by atoms with van der Waals surface area (Å²) < 4.78 is 3.95. The van der Waals surface area contributed by atoms with E-state index in [1.807, 2.05) is 35.3 Å². The minimum Gasteiger partial charge on any atom is -1.00 e. The number of halogens is 2. The van der Waals surface area contributed by atoms with Crippen LogP contribution in [0.4, 0.5) is 0 Å². The topological polar surface area (TPSA) is 35.6 Å². The van der Waals surface area contributed by atoms with Gasteiger partial charge in [0.2, 0.25) is 0 Å². The monoisotopic (exact) mass is 531 g/mol. The molecule has 0 amide bonds. The zero-order valence-electron chi connectivity index (χ0n) is 13.3. The molecule has 0 spiro atoms. The molecule has 3 rings (SSSR count). The summed E-state index contributed by atoms with van der Waals surface area (Å²) in [4.78, 5) is 0. The molecule has 0 N–H and O–H groups in total. The van der Waals surface area contributed by atoms with Crippen LogP contribution in [0.3, 0.4) is 0 Å². The van der Waals surface area contributed by atoms with Crippen LogP contribution in [0.5, 0.6) is 0 Å². The molecule has 23 heavy (non-hydrogen) atoms. The largest absolute Gasteiger partial charge is 2.00 e. The normalized spacial score (nSPS) is 9.57. The van der Waals surface area contributed by atoms with Gasteiger partial charge in [0.1, 0.15) is 0 Å². The molecule has 0 atom stereocenters. The van der Waals surface area contributed by atoms with Crippen molar-refractivity contribution in [3.8, 4) is 11.4 Å².